The summed E-state index contributed by atoms with van der Waals surface area (Å²) in [7, 11) is 0. The summed E-state index contributed by atoms with van der Waals surface area (Å²) in [6.45, 7) is 3.53. The second kappa shape index (κ2) is 10.8. The Morgan fingerprint density at radius 2 is 2.04 bits per heavy atom. The van der Waals surface area contributed by atoms with Crippen molar-refractivity contribution in [3.05, 3.63) is 11.8 Å². The van der Waals surface area contributed by atoms with Crippen LogP contribution in [0.3, 0.4) is 0 Å². The summed E-state index contributed by atoms with van der Waals surface area (Å²) in [6, 6.07) is 0.568. The van der Waals surface area contributed by atoms with Crippen LogP contribution < -0.4 is 16.2 Å². The van der Waals surface area contributed by atoms with Crippen LogP contribution in [0.15, 0.2) is 6.07 Å². The molecular formula is C16H25F3N6O3. The molecule has 0 radical (unpaired) electrons. The van der Waals surface area contributed by atoms with Crippen molar-refractivity contribution in [2.24, 2.45) is 11.8 Å². The lowest BCUT2D eigenvalue weighted by atomic mass is 10.00. The fourth-order valence-corrected chi connectivity index (χ4v) is 2.45. The summed E-state index contributed by atoms with van der Waals surface area (Å²) in [5.41, 5.74) is -1.25. The van der Waals surface area contributed by atoms with Crippen LogP contribution >= 0.6 is 0 Å². The Morgan fingerprint density at radius 1 is 1.36 bits per heavy atom. The average molecular weight is 406 g/mol. The Morgan fingerprint density at radius 3 is 2.57 bits per heavy atom. The molecular weight excluding hydrogens is 381 g/mol. The lowest BCUT2D eigenvalue weighted by molar-refractivity contribution is -0.154. The molecule has 0 aliphatic rings. The molecule has 1 aromatic rings. The smallest absolute Gasteiger partial charge is 0.354 e. The van der Waals surface area contributed by atoms with Crippen LogP contribution in [-0.2, 0) is 15.8 Å². The molecule has 0 unspecified atom stereocenters. The van der Waals surface area contributed by atoms with Crippen molar-refractivity contribution in [2.45, 2.75) is 45.7 Å². The number of rotatable bonds is 11. The molecule has 4 N–H and O–H groups in total. The molecule has 1 rings (SSSR count). The van der Waals surface area contributed by atoms with Crippen molar-refractivity contribution in [3.8, 4) is 0 Å². The number of nitrogens with zero attached hydrogens (tertiary/aromatic N) is 4. The fraction of sp³-hybridized carbons (Fsp3) is 0.625. The molecule has 0 fully saturated rings. The molecule has 9 nitrogen and oxygen atoms in total. The van der Waals surface area contributed by atoms with Gasteiger partial charge in [-0.1, -0.05) is 26.2 Å². The molecule has 0 bridgehead atoms. The first-order valence-electron chi connectivity index (χ1n) is 8.83. The van der Waals surface area contributed by atoms with E-state index in [1.54, 1.807) is 6.92 Å². The predicted octanol–water partition coefficient (Wildman–Crippen LogP) is 2.18. The van der Waals surface area contributed by atoms with Crippen LogP contribution in [0.25, 0.3) is 0 Å². The van der Waals surface area contributed by atoms with E-state index in [4.69, 9.17) is 5.84 Å². The van der Waals surface area contributed by atoms with E-state index < -0.39 is 29.5 Å². The van der Waals surface area contributed by atoms with E-state index in [0.717, 1.165) is 12.8 Å². The zero-order valence-electron chi connectivity index (χ0n) is 15.7. The van der Waals surface area contributed by atoms with Gasteiger partial charge in [-0.3, -0.25) is 14.8 Å². The predicted molar refractivity (Wildman–Crippen MR) is 95.1 cm³/mol. The zero-order chi connectivity index (χ0) is 21.3. The lowest BCUT2D eigenvalue weighted by Gasteiger charge is -2.24. The van der Waals surface area contributed by atoms with Gasteiger partial charge in [0, 0.05) is 12.6 Å². The normalized spacial score (nSPS) is 12.4. The van der Waals surface area contributed by atoms with E-state index in [0.29, 0.717) is 29.0 Å². The first-order valence-corrected chi connectivity index (χ1v) is 8.83. The van der Waals surface area contributed by atoms with Crippen molar-refractivity contribution in [1.29, 1.82) is 0 Å². The maximum absolute atomic E-state index is 13.1. The SMILES string of the molecule is CCCCC[C@@H](CN(O)C=O)C(=O)N(N)c1cc(C(F)(F)F)nc(NCC)n1. The van der Waals surface area contributed by atoms with Gasteiger partial charge in [-0.15, -0.1) is 0 Å². The van der Waals surface area contributed by atoms with Crippen LogP contribution in [0, 0.1) is 5.92 Å². The van der Waals surface area contributed by atoms with Gasteiger partial charge in [0.05, 0.1) is 12.5 Å². The van der Waals surface area contributed by atoms with Gasteiger partial charge in [0.15, 0.2) is 11.5 Å². The Balaban J connectivity index is 3.15. The van der Waals surface area contributed by atoms with Gasteiger partial charge < -0.3 is 5.32 Å². The molecule has 0 saturated heterocycles. The Bertz CT molecular complexity index is 659. The summed E-state index contributed by atoms with van der Waals surface area (Å²) in [5.74, 6) is 3.30. The summed E-state index contributed by atoms with van der Waals surface area (Å²) >= 11 is 0. The van der Waals surface area contributed by atoms with Crippen molar-refractivity contribution in [3.63, 3.8) is 0 Å². The van der Waals surface area contributed by atoms with Gasteiger partial charge in [-0.25, -0.2) is 20.9 Å². The van der Waals surface area contributed by atoms with Gasteiger partial charge in [0.1, 0.15) is 0 Å². The second-order valence-electron chi connectivity index (χ2n) is 6.09. The number of nitrogens with two attached hydrogens (primary N) is 1. The van der Waals surface area contributed by atoms with E-state index in [2.05, 4.69) is 15.3 Å². The molecule has 2 amide bonds. The molecule has 12 heteroatoms. The molecule has 1 aromatic heterocycles. The fourth-order valence-electron chi connectivity index (χ4n) is 2.45. The van der Waals surface area contributed by atoms with Crippen molar-refractivity contribution in [2.75, 3.05) is 23.4 Å². The Labute approximate surface area is 160 Å². The number of alkyl halides is 3. The molecule has 1 atom stereocenters. The molecule has 0 aromatic carbocycles. The third-order valence-electron chi connectivity index (χ3n) is 3.86. The van der Waals surface area contributed by atoms with E-state index in [9.17, 15) is 28.0 Å². The zero-order valence-corrected chi connectivity index (χ0v) is 15.7. The molecule has 28 heavy (non-hydrogen) atoms. The number of unbranched alkanes of at least 4 members (excludes halogenated alkanes) is 2. The number of nitrogens with one attached hydrogen (secondary N) is 1. The number of hydrogen-bond donors (Lipinski definition) is 3. The minimum Gasteiger partial charge on any atom is -0.354 e. The van der Waals surface area contributed by atoms with Crippen LogP contribution in [0.2, 0.25) is 0 Å². The number of halogens is 3. The van der Waals surface area contributed by atoms with Crippen molar-refractivity contribution in [1.82, 2.24) is 15.0 Å². The molecule has 0 aliphatic heterocycles. The third-order valence-corrected chi connectivity index (χ3v) is 3.86. The number of hydroxylamine groups is 2. The highest BCUT2D eigenvalue weighted by Gasteiger charge is 2.35. The third kappa shape index (κ3) is 6.93. The molecule has 0 aliphatic carbocycles. The highest BCUT2D eigenvalue weighted by molar-refractivity contribution is 5.93. The molecule has 158 valence electrons. The first-order chi connectivity index (χ1) is 13.1. The maximum Gasteiger partial charge on any atom is 0.433 e. The maximum atomic E-state index is 13.1. The van der Waals surface area contributed by atoms with Crippen LogP contribution in [0.4, 0.5) is 24.9 Å². The standard InChI is InChI=1S/C16H25F3N6O3/c1-3-5-6-7-11(9-24(28)10-26)14(27)25(20)13-8-12(16(17,18)19)22-15(23-13)21-4-2/h8,10-11,28H,3-7,9,20H2,1-2H3,(H,21,22,23)/t11-/m0/s1. The number of aromatic nitrogens is 2. The minimum atomic E-state index is -4.76. The lowest BCUT2D eigenvalue weighted by Crippen LogP contribution is -2.45. The van der Waals surface area contributed by atoms with E-state index in [1.165, 1.54) is 0 Å². The average Bonchev–Trinajstić information content (AvgIpc) is 2.65. The highest BCUT2D eigenvalue weighted by atomic mass is 19.4. The minimum absolute atomic E-state index is 0.136. The summed E-state index contributed by atoms with van der Waals surface area (Å²) in [6.07, 6.45) is -2.04. The second-order valence-corrected chi connectivity index (χ2v) is 6.09. The van der Waals surface area contributed by atoms with E-state index in [-0.39, 0.29) is 25.4 Å². The largest absolute Gasteiger partial charge is 0.433 e. The topological polar surface area (TPSA) is 125 Å². The number of anilines is 2. The van der Waals surface area contributed by atoms with Crippen LogP contribution in [0.1, 0.15) is 45.2 Å². The van der Waals surface area contributed by atoms with Gasteiger partial charge >= 0.3 is 6.18 Å². The monoisotopic (exact) mass is 406 g/mol. The Kier molecular flexibility index (Phi) is 9.06. The molecule has 1 heterocycles. The van der Waals surface area contributed by atoms with Crippen LogP contribution in [-0.4, -0.2) is 45.6 Å². The first kappa shape index (κ1) is 23.6. The summed E-state index contributed by atoms with van der Waals surface area (Å²) in [5, 5.41) is 12.8. The van der Waals surface area contributed by atoms with Crippen LogP contribution in [0.5, 0.6) is 0 Å². The summed E-state index contributed by atoms with van der Waals surface area (Å²) in [4.78, 5) is 30.6. The number of hydrogen-bond acceptors (Lipinski definition) is 7. The number of carbonyl (C=O) groups is 2. The quantitative estimate of drug-likeness (QED) is 0.128. The van der Waals surface area contributed by atoms with E-state index >= 15 is 0 Å². The van der Waals surface area contributed by atoms with E-state index in [1.807, 2.05) is 6.92 Å². The van der Waals surface area contributed by atoms with Crippen molar-refractivity contribution >= 4 is 24.1 Å². The van der Waals surface area contributed by atoms with Crippen molar-refractivity contribution < 1.29 is 28.0 Å². The van der Waals surface area contributed by atoms with Gasteiger partial charge in [-0.2, -0.15) is 18.2 Å². The Hall–Kier alpha value is -2.47. The number of carbonyl (C=O) groups excluding carboxylic acids is 2. The number of hydrazine groups is 1. The highest BCUT2D eigenvalue weighted by Crippen LogP contribution is 2.30. The van der Waals surface area contributed by atoms with Gasteiger partial charge in [-0.05, 0) is 13.3 Å². The van der Waals surface area contributed by atoms with Gasteiger partial charge in [0.2, 0.25) is 18.3 Å². The molecule has 0 spiro atoms. The number of amides is 2. The summed E-state index contributed by atoms with van der Waals surface area (Å²) < 4.78 is 39.3. The van der Waals surface area contributed by atoms with Gasteiger partial charge in [0.25, 0.3) is 0 Å². The molecule has 0 saturated carbocycles.